The van der Waals surface area contributed by atoms with E-state index in [4.69, 9.17) is 4.74 Å². The van der Waals surface area contributed by atoms with Crippen molar-refractivity contribution in [2.24, 2.45) is 0 Å². The van der Waals surface area contributed by atoms with Gasteiger partial charge in [0.05, 0.1) is 18.2 Å². The molecule has 2 unspecified atom stereocenters. The summed E-state index contributed by atoms with van der Waals surface area (Å²) < 4.78 is 5.66. The van der Waals surface area contributed by atoms with Gasteiger partial charge in [-0.25, -0.2) is 0 Å². The molecule has 2 aliphatic rings. The quantitative estimate of drug-likeness (QED) is 0.806. The number of morpholine rings is 1. The van der Waals surface area contributed by atoms with Gasteiger partial charge in [0.2, 0.25) is 0 Å². The van der Waals surface area contributed by atoms with Crippen molar-refractivity contribution in [3.05, 3.63) is 29.6 Å². The summed E-state index contributed by atoms with van der Waals surface area (Å²) >= 11 is 0. The zero-order valence-corrected chi connectivity index (χ0v) is 11.3. The van der Waals surface area contributed by atoms with E-state index in [1.165, 1.54) is 5.56 Å². The highest BCUT2D eigenvalue weighted by molar-refractivity contribution is 5.90. The van der Waals surface area contributed by atoms with Crippen molar-refractivity contribution in [3.8, 4) is 0 Å². The number of hydrogen-bond donors (Lipinski definition) is 0. The minimum Gasteiger partial charge on any atom is -0.368 e. The van der Waals surface area contributed by atoms with E-state index in [2.05, 4.69) is 16.0 Å². The number of Topliss-reactive ketones (excluding diaryl/α,β-unsaturated/α-hetero) is 1. The van der Waals surface area contributed by atoms with Crippen LogP contribution < -0.4 is 0 Å². The second kappa shape index (κ2) is 5.39. The van der Waals surface area contributed by atoms with Gasteiger partial charge in [-0.05, 0) is 37.9 Å². The second-order valence-electron chi connectivity index (χ2n) is 5.52. The molecule has 1 saturated heterocycles. The van der Waals surface area contributed by atoms with Gasteiger partial charge in [0, 0.05) is 19.3 Å². The Morgan fingerprint density at radius 3 is 3.26 bits per heavy atom. The lowest BCUT2D eigenvalue weighted by atomic mass is 9.82. The highest BCUT2D eigenvalue weighted by Gasteiger charge is 2.34. The summed E-state index contributed by atoms with van der Waals surface area (Å²) in [6, 6.07) is 4.05. The highest BCUT2D eigenvalue weighted by Crippen LogP contribution is 2.32. The Bertz CT molecular complexity index is 475. The number of carbonyl (C=O) groups excluding carboxylic acids is 1. The molecule has 4 heteroatoms. The van der Waals surface area contributed by atoms with E-state index in [9.17, 15) is 4.79 Å². The molecule has 1 aromatic heterocycles. The Balaban J connectivity index is 1.81. The third-order valence-corrected chi connectivity index (χ3v) is 4.13. The fourth-order valence-corrected chi connectivity index (χ4v) is 3.06. The van der Waals surface area contributed by atoms with Gasteiger partial charge in [-0.2, -0.15) is 0 Å². The van der Waals surface area contributed by atoms with E-state index in [0.717, 1.165) is 31.5 Å². The maximum atomic E-state index is 12.7. The number of likely N-dealkylation sites (N-methyl/N-ethyl adjacent to an activating group) is 1. The standard InChI is InChI=1S/C15H20N2O2/c1-17-8-9-19-13(10-17)15(18)12-6-2-4-11-5-3-7-16-14(11)12/h3,5,7,12-13H,2,4,6,8-10H2,1H3. The van der Waals surface area contributed by atoms with Crippen LogP contribution in [0.15, 0.2) is 18.3 Å². The summed E-state index contributed by atoms with van der Waals surface area (Å²) in [6.45, 7) is 2.26. The molecule has 102 valence electrons. The summed E-state index contributed by atoms with van der Waals surface area (Å²) in [5.74, 6) is 0.146. The minimum atomic E-state index is -0.281. The van der Waals surface area contributed by atoms with Crippen LogP contribution in [0.4, 0.5) is 0 Å². The van der Waals surface area contributed by atoms with Gasteiger partial charge in [0.25, 0.3) is 0 Å². The minimum absolute atomic E-state index is 0.0681. The number of nitrogens with zero attached hydrogens (tertiary/aromatic N) is 2. The molecule has 0 amide bonds. The molecule has 2 heterocycles. The Morgan fingerprint density at radius 1 is 1.53 bits per heavy atom. The average molecular weight is 260 g/mol. The summed E-state index contributed by atoms with van der Waals surface area (Å²) in [5.41, 5.74) is 2.21. The fourth-order valence-electron chi connectivity index (χ4n) is 3.06. The zero-order chi connectivity index (χ0) is 13.2. The predicted octanol–water partition coefficient (Wildman–Crippen LogP) is 1.40. The first kappa shape index (κ1) is 12.8. The predicted molar refractivity (Wildman–Crippen MR) is 72.2 cm³/mol. The van der Waals surface area contributed by atoms with Crippen LogP contribution in [0.2, 0.25) is 0 Å². The van der Waals surface area contributed by atoms with E-state index in [0.29, 0.717) is 13.2 Å². The van der Waals surface area contributed by atoms with Gasteiger partial charge >= 0.3 is 0 Å². The molecule has 1 aliphatic carbocycles. The topological polar surface area (TPSA) is 42.4 Å². The van der Waals surface area contributed by atoms with Crippen molar-refractivity contribution in [2.75, 3.05) is 26.7 Å². The number of ether oxygens (including phenoxy) is 1. The summed E-state index contributed by atoms with van der Waals surface area (Å²) in [6.07, 6.45) is 4.53. The third-order valence-electron chi connectivity index (χ3n) is 4.13. The highest BCUT2D eigenvalue weighted by atomic mass is 16.5. The van der Waals surface area contributed by atoms with Crippen LogP contribution in [0.5, 0.6) is 0 Å². The van der Waals surface area contributed by atoms with Crippen LogP contribution in [-0.2, 0) is 16.0 Å². The lowest BCUT2D eigenvalue weighted by Gasteiger charge is -2.32. The van der Waals surface area contributed by atoms with Crippen molar-refractivity contribution in [1.82, 2.24) is 9.88 Å². The molecule has 0 N–H and O–H groups in total. The van der Waals surface area contributed by atoms with Gasteiger partial charge in [-0.15, -0.1) is 0 Å². The van der Waals surface area contributed by atoms with Crippen LogP contribution in [-0.4, -0.2) is 48.5 Å². The van der Waals surface area contributed by atoms with Gasteiger partial charge < -0.3 is 9.64 Å². The molecule has 3 rings (SSSR count). The third kappa shape index (κ3) is 2.55. The molecule has 0 bridgehead atoms. The lowest BCUT2D eigenvalue weighted by Crippen LogP contribution is -2.46. The van der Waals surface area contributed by atoms with Crippen LogP contribution in [0.1, 0.15) is 30.0 Å². The number of rotatable bonds is 2. The van der Waals surface area contributed by atoms with E-state index < -0.39 is 0 Å². The number of ketones is 1. The Hall–Kier alpha value is -1.26. The van der Waals surface area contributed by atoms with Crippen LogP contribution in [0, 0.1) is 0 Å². The monoisotopic (exact) mass is 260 g/mol. The number of aryl methyl sites for hydroxylation is 1. The van der Waals surface area contributed by atoms with Crippen LogP contribution in [0.25, 0.3) is 0 Å². The largest absolute Gasteiger partial charge is 0.368 e. The first-order valence-electron chi connectivity index (χ1n) is 7.03. The van der Waals surface area contributed by atoms with Crippen molar-refractivity contribution < 1.29 is 9.53 Å². The molecule has 1 fully saturated rings. The van der Waals surface area contributed by atoms with Gasteiger partial charge in [0.1, 0.15) is 6.10 Å². The number of aromatic nitrogens is 1. The summed E-state index contributed by atoms with van der Waals surface area (Å²) in [7, 11) is 2.04. The van der Waals surface area contributed by atoms with Crippen molar-refractivity contribution in [1.29, 1.82) is 0 Å². The molecular weight excluding hydrogens is 240 g/mol. The van der Waals surface area contributed by atoms with Crippen molar-refractivity contribution in [2.45, 2.75) is 31.3 Å². The molecule has 1 aromatic rings. The van der Waals surface area contributed by atoms with Gasteiger partial charge in [-0.3, -0.25) is 9.78 Å². The Labute approximate surface area is 113 Å². The molecule has 0 aromatic carbocycles. The van der Waals surface area contributed by atoms with Crippen molar-refractivity contribution in [3.63, 3.8) is 0 Å². The fraction of sp³-hybridized carbons (Fsp3) is 0.600. The Kier molecular flexibility index (Phi) is 3.62. The summed E-state index contributed by atoms with van der Waals surface area (Å²) in [4.78, 5) is 19.3. The molecule has 1 aliphatic heterocycles. The number of hydrogen-bond acceptors (Lipinski definition) is 4. The number of pyridine rings is 1. The lowest BCUT2D eigenvalue weighted by molar-refractivity contribution is -0.137. The number of carbonyl (C=O) groups is 1. The van der Waals surface area contributed by atoms with Crippen molar-refractivity contribution >= 4 is 5.78 Å². The molecular formula is C15H20N2O2. The molecule has 0 saturated carbocycles. The molecule has 0 spiro atoms. The maximum absolute atomic E-state index is 12.7. The summed E-state index contributed by atoms with van der Waals surface area (Å²) in [5, 5.41) is 0. The molecule has 19 heavy (non-hydrogen) atoms. The van der Waals surface area contributed by atoms with E-state index in [1.807, 2.05) is 13.1 Å². The van der Waals surface area contributed by atoms with E-state index >= 15 is 0 Å². The normalized spacial score (nSPS) is 27.8. The molecule has 4 nitrogen and oxygen atoms in total. The first-order valence-corrected chi connectivity index (χ1v) is 7.03. The number of fused-ring (bicyclic) bond motifs is 1. The second-order valence-corrected chi connectivity index (χ2v) is 5.52. The molecule has 0 radical (unpaired) electrons. The van der Waals surface area contributed by atoms with E-state index in [1.54, 1.807) is 6.20 Å². The van der Waals surface area contributed by atoms with Gasteiger partial charge in [-0.1, -0.05) is 6.07 Å². The average Bonchev–Trinajstić information content (AvgIpc) is 2.46. The smallest absolute Gasteiger partial charge is 0.171 e. The van der Waals surface area contributed by atoms with Gasteiger partial charge in [0.15, 0.2) is 5.78 Å². The maximum Gasteiger partial charge on any atom is 0.171 e. The first-order chi connectivity index (χ1) is 9.25. The molecule has 2 atom stereocenters. The zero-order valence-electron chi connectivity index (χ0n) is 11.3. The van der Waals surface area contributed by atoms with E-state index in [-0.39, 0.29) is 17.8 Å². The Morgan fingerprint density at radius 2 is 2.42 bits per heavy atom. The van der Waals surface area contributed by atoms with Crippen LogP contribution in [0.3, 0.4) is 0 Å². The SMILES string of the molecule is CN1CCOC(C(=O)C2CCCc3cccnc32)C1. The van der Waals surface area contributed by atoms with Crippen LogP contribution >= 0.6 is 0 Å².